The van der Waals surface area contributed by atoms with Gasteiger partial charge >= 0.3 is 5.69 Å². The number of anilines is 1. The lowest BCUT2D eigenvalue weighted by Crippen LogP contribution is -2.17. The van der Waals surface area contributed by atoms with Crippen LogP contribution in [0.2, 0.25) is 5.15 Å². The molecule has 1 aliphatic rings. The highest BCUT2D eigenvalue weighted by atomic mass is 35.5. The number of halogens is 1. The molecule has 20 heavy (non-hydrogen) atoms. The molecule has 6 nitrogen and oxygen atoms in total. The number of aryl methyl sites for hydroxylation is 1. The van der Waals surface area contributed by atoms with Crippen LogP contribution >= 0.6 is 22.9 Å². The minimum absolute atomic E-state index is 0.0367. The van der Waals surface area contributed by atoms with Crippen molar-refractivity contribution in [3.05, 3.63) is 43.5 Å². The maximum absolute atomic E-state index is 11.1. The number of nitrogens with one attached hydrogen (secondary N) is 1. The van der Waals surface area contributed by atoms with E-state index in [0.29, 0.717) is 0 Å². The van der Waals surface area contributed by atoms with E-state index in [9.17, 15) is 10.1 Å². The van der Waals surface area contributed by atoms with Gasteiger partial charge in [0.15, 0.2) is 0 Å². The quantitative estimate of drug-likeness (QED) is 0.532. The monoisotopic (exact) mass is 310 g/mol. The summed E-state index contributed by atoms with van der Waals surface area (Å²) >= 11 is 7.51. The van der Waals surface area contributed by atoms with Gasteiger partial charge in [-0.3, -0.25) is 10.1 Å². The maximum atomic E-state index is 11.1. The number of thiophene rings is 1. The van der Waals surface area contributed by atoms with Crippen LogP contribution in [-0.2, 0) is 6.42 Å². The van der Waals surface area contributed by atoms with Gasteiger partial charge in [0, 0.05) is 4.88 Å². The zero-order valence-corrected chi connectivity index (χ0v) is 11.9. The van der Waals surface area contributed by atoms with E-state index < -0.39 is 4.92 Å². The van der Waals surface area contributed by atoms with Gasteiger partial charge in [-0.2, -0.15) is 0 Å². The SMILES string of the molecule is O=[N+]([O-])c1c(Cl)ncnc1NC1CCCc2sccc21. The molecule has 1 atom stereocenters. The Hall–Kier alpha value is -1.73. The first-order chi connectivity index (χ1) is 9.66. The summed E-state index contributed by atoms with van der Waals surface area (Å²) in [7, 11) is 0. The Labute approximate surface area is 124 Å². The molecule has 2 aromatic heterocycles. The van der Waals surface area contributed by atoms with Crippen molar-refractivity contribution in [3.8, 4) is 0 Å². The van der Waals surface area contributed by atoms with Crippen molar-refractivity contribution in [1.29, 1.82) is 0 Å². The van der Waals surface area contributed by atoms with Gasteiger partial charge in [-0.25, -0.2) is 9.97 Å². The summed E-state index contributed by atoms with van der Waals surface area (Å²) < 4.78 is 0. The molecule has 0 bridgehead atoms. The molecule has 2 heterocycles. The molecule has 1 N–H and O–H groups in total. The molecule has 0 radical (unpaired) electrons. The largest absolute Gasteiger partial charge is 0.357 e. The summed E-state index contributed by atoms with van der Waals surface area (Å²) in [6.07, 6.45) is 4.27. The molecule has 104 valence electrons. The first kappa shape index (κ1) is 13.3. The fraction of sp³-hybridized carbons (Fsp3) is 0.333. The molecule has 0 amide bonds. The smallest absolute Gasteiger partial charge is 0.348 e. The van der Waals surface area contributed by atoms with Gasteiger partial charge in [-0.15, -0.1) is 11.3 Å². The van der Waals surface area contributed by atoms with Crippen molar-refractivity contribution < 1.29 is 4.92 Å². The van der Waals surface area contributed by atoms with Gasteiger partial charge in [0.2, 0.25) is 11.0 Å². The standard InChI is InChI=1S/C12H11ClN4O2S/c13-11-10(17(18)19)12(15-6-14-11)16-8-2-1-3-9-7(8)4-5-20-9/h4-6,8H,1-3H2,(H,14,15,16). The van der Waals surface area contributed by atoms with E-state index in [4.69, 9.17) is 11.6 Å². The first-order valence-corrected chi connectivity index (χ1v) is 7.40. The van der Waals surface area contributed by atoms with E-state index in [1.807, 2.05) is 5.38 Å². The van der Waals surface area contributed by atoms with Crippen LogP contribution in [0, 0.1) is 10.1 Å². The average Bonchev–Trinajstić information content (AvgIpc) is 2.87. The Bertz CT molecular complexity index is 661. The number of nitro groups is 1. The minimum atomic E-state index is -0.554. The van der Waals surface area contributed by atoms with Crippen molar-refractivity contribution >= 4 is 34.4 Å². The fourth-order valence-corrected chi connectivity index (χ4v) is 3.62. The number of nitrogens with zero attached hydrogens (tertiary/aromatic N) is 3. The summed E-state index contributed by atoms with van der Waals surface area (Å²) in [5, 5.41) is 16.1. The Balaban J connectivity index is 1.94. The molecule has 0 aliphatic heterocycles. The van der Waals surface area contributed by atoms with Crippen molar-refractivity contribution in [2.45, 2.75) is 25.3 Å². The number of rotatable bonds is 3. The van der Waals surface area contributed by atoms with Crippen LogP contribution in [0.5, 0.6) is 0 Å². The molecular formula is C12H11ClN4O2S. The number of aromatic nitrogens is 2. The predicted molar refractivity (Wildman–Crippen MR) is 77.3 cm³/mol. The van der Waals surface area contributed by atoms with Crippen molar-refractivity contribution in [2.24, 2.45) is 0 Å². The highest BCUT2D eigenvalue weighted by Crippen LogP contribution is 2.37. The second-order valence-electron chi connectivity index (χ2n) is 4.51. The van der Waals surface area contributed by atoms with Crippen molar-refractivity contribution in [3.63, 3.8) is 0 Å². The summed E-state index contributed by atoms with van der Waals surface area (Å²) in [5.74, 6) is 0.180. The summed E-state index contributed by atoms with van der Waals surface area (Å²) in [6, 6.07) is 2.10. The predicted octanol–water partition coefficient (Wildman–Crippen LogP) is 3.59. The Morgan fingerprint density at radius 2 is 2.35 bits per heavy atom. The number of fused-ring (bicyclic) bond motifs is 1. The van der Waals surface area contributed by atoms with Crippen LogP contribution in [0.3, 0.4) is 0 Å². The molecule has 1 unspecified atom stereocenters. The lowest BCUT2D eigenvalue weighted by Gasteiger charge is -2.23. The van der Waals surface area contributed by atoms with E-state index in [2.05, 4.69) is 21.4 Å². The van der Waals surface area contributed by atoms with Gasteiger partial charge in [0.25, 0.3) is 0 Å². The van der Waals surface area contributed by atoms with Crippen molar-refractivity contribution in [2.75, 3.05) is 5.32 Å². The van der Waals surface area contributed by atoms with E-state index >= 15 is 0 Å². The fourth-order valence-electron chi connectivity index (χ4n) is 2.43. The first-order valence-electron chi connectivity index (χ1n) is 6.14. The van der Waals surface area contributed by atoms with Crippen molar-refractivity contribution in [1.82, 2.24) is 9.97 Å². The van der Waals surface area contributed by atoms with Gasteiger partial charge in [0.05, 0.1) is 11.0 Å². The number of hydrogen-bond donors (Lipinski definition) is 1. The van der Waals surface area contributed by atoms with Crippen LogP contribution in [0.4, 0.5) is 11.5 Å². The molecule has 0 saturated heterocycles. The summed E-state index contributed by atoms with van der Waals surface area (Å²) in [6.45, 7) is 0. The zero-order chi connectivity index (χ0) is 14.1. The molecule has 0 aromatic carbocycles. The molecule has 1 aliphatic carbocycles. The summed E-state index contributed by atoms with van der Waals surface area (Å²) in [5.41, 5.74) is 0.932. The van der Waals surface area contributed by atoms with Crippen LogP contribution in [0.25, 0.3) is 0 Å². The Morgan fingerprint density at radius 1 is 1.50 bits per heavy atom. The third-order valence-electron chi connectivity index (χ3n) is 3.32. The molecule has 2 aromatic rings. The highest BCUT2D eigenvalue weighted by Gasteiger charge is 2.27. The van der Waals surface area contributed by atoms with Crippen LogP contribution < -0.4 is 5.32 Å². The van der Waals surface area contributed by atoms with Gasteiger partial charge < -0.3 is 5.32 Å². The Morgan fingerprint density at radius 3 is 3.15 bits per heavy atom. The van der Waals surface area contributed by atoms with E-state index in [1.165, 1.54) is 16.8 Å². The van der Waals surface area contributed by atoms with Crippen LogP contribution in [0.1, 0.15) is 29.3 Å². The number of hydrogen-bond acceptors (Lipinski definition) is 6. The van der Waals surface area contributed by atoms with Gasteiger partial charge in [0.1, 0.15) is 6.33 Å². The third kappa shape index (κ3) is 2.34. The second-order valence-corrected chi connectivity index (χ2v) is 5.87. The average molecular weight is 311 g/mol. The van der Waals surface area contributed by atoms with E-state index in [0.717, 1.165) is 19.3 Å². The third-order valence-corrected chi connectivity index (χ3v) is 4.60. The lowest BCUT2D eigenvalue weighted by atomic mass is 9.94. The zero-order valence-electron chi connectivity index (χ0n) is 10.4. The molecular weight excluding hydrogens is 300 g/mol. The molecule has 3 rings (SSSR count). The van der Waals surface area contributed by atoms with Crippen LogP contribution in [-0.4, -0.2) is 14.9 Å². The van der Waals surface area contributed by atoms with Gasteiger partial charge in [-0.1, -0.05) is 11.6 Å². The molecule has 0 saturated carbocycles. The topological polar surface area (TPSA) is 81.0 Å². The lowest BCUT2D eigenvalue weighted by molar-refractivity contribution is -0.384. The normalized spacial score (nSPS) is 17.6. The molecule has 0 spiro atoms. The minimum Gasteiger partial charge on any atom is -0.357 e. The van der Waals surface area contributed by atoms with E-state index in [1.54, 1.807) is 11.3 Å². The van der Waals surface area contributed by atoms with E-state index in [-0.39, 0.29) is 22.7 Å². The van der Waals surface area contributed by atoms with Crippen LogP contribution in [0.15, 0.2) is 17.8 Å². The molecule has 0 fully saturated rings. The second kappa shape index (κ2) is 5.34. The Kier molecular flexibility index (Phi) is 3.54. The summed E-state index contributed by atoms with van der Waals surface area (Å²) in [4.78, 5) is 19.5. The van der Waals surface area contributed by atoms with Gasteiger partial charge in [-0.05, 0) is 36.3 Å². The maximum Gasteiger partial charge on any atom is 0.348 e. The highest BCUT2D eigenvalue weighted by molar-refractivity contribution is 7.10. The molecule has 8 heteroatoms.